The number of nitrogen functional groups attached to an aromatic ring is 1. The van der Waals surface area contributed by atoms with E-state index in [-0.39, 0.29) is 5.91 Å². The zero-order valence-electron chi connectivity index (χ0n) is 9.08. The number of carbonyl (C=O) groups is 1. The Morgan fingerprint density at radius 2 is 2.06 bits per heavy atom. The molecule has 1 amide bonds. The molecule has 0 bridgehead atoms. The molecule has 1 heterocycles. The Hall–Kier alpha value is -1.58. The number of nitrogens with zero attached hydrogens (tertiary/aromatic N) is 1. The number of anilines is 2. The number of rotatable bonds is 1. The van der Waals surface area contributed by atoms with E-state index < -0.39 is 5.82 Å². The molecule has 0 spiro atoms. The van der Waals surface area contributed by atoms with Crippen molar-refractivity contribution >= 4 is 17.3 Å². The third kappa shape index (κ3) is 2.15. The molecular formula is C12H15FN2O. The molecule has 1 aliphatic rings. The van der Waals surface area contributed by atoms with Gasteiger partial charge >= 0.3 is 0 Å². The highest BCUT2D eigenvalue weighted by atomic mass is 19.1. The Labute approximate surface area is 94.0 Å². The molecule has 3 nitrogen and oxygen atoms in total. The van der Waals surface area contributed by atoms with Crippen LogP contribution in [0.5, 0.6) is 0 Å². The van der Waals surface area contributed by atoms with Crippen molar-refractivity contribution in [1.29, 1.82) is 0 Å². The van der Waals surface area contributed by atoms with Gasteiger partial charge in [-0.15, -0.1) is 0 Å². The summed E-state index contributed by atoms with van der Waals surface area (Å²) in [5, 5.41) is 0. The monoisotopic (exact) mass is 222 g/mol. The maximum atomic E-state index is 13.7. The van der Waals surface area contributed by atoms with Gasteiger partial charge in [0.05, 0.1) is 5.69 Å². The molecule has 1 aromatic carbocycles. The van der Waals surface area contributed by atoms with Gasteiger partial charge in [0.2, 0.25) is 5.91 Å². The molecular weight excluding hydrogens is 207 g/mol. The number of halogens is 1. The minimum absolute atomic E-state index is 0.00108. The summed E-state index contributed by atoms with van der Waals surface area (Å²) in [6.07, 6.45) is 3.35. The van der Waals surface area contributed by atoms with Crippen LogP contribution in [-0.2, 0) is 4.79 Å². The topological polar surface area (TPSA) is 46.3 Å². The lowest BCUT2D eigenvalue weighted by atomic mass is 10.2. The molecule has 1 fully saturated rings. The largest absolute Gasteiger partial charge is 0.399 e. The first-order valence-corrected chi connectivity index (χ1v) is 5.54. The number of nitrogens with two attached hydrogens (primary N) is 1. The number of hydrogen-bond acceptors (Lipinski definition) is 2. The molecule has 2 N–H and O–H groups in total. The van der Waals surface area contributed by atoms with Crippen LogP contribution in [0.1, 0.15) is 25.7 Å². The van der Waals surface area contributed by atoms with E-state index in [1.807, 2.05) is 0 Å². The van der Waals surface area contributed by atoms with Crippen LogP contribution < -0.4 is 10.6 Å². The maximum Gasteiger partial charge on any atom is 0.227 e. The Morgan fingerprint density at radius 1 is 1.25 bits per heavy atom. The van der Waals surface area contributed by atoms with E-state index in [2.05, 4.69) is 0 Å². The lowest BCUT2D eigenvalue weighted by Gasteiger charge is -2.21. The lowest BCUT2D eigenvalue weighted by molar-refractivity contribution is -0.118. The summed E-state index contributed by atoms with van der Waals surface area (Å²) in [6.45, 7) is 0.597. The fourth-order valence-corrected chi connectivity index (χ4v) is 1.98. The van der Waals surface area contributed by atoms with E-state index in [1.165, 1.54) is 11.0 Å². The summed E-state index contributed by atoms with van der Waals surface area (Å²) in [5.74, 6) is -0.420. The minimum Gasteiger partial charge on any atom is -0.399 e. The predicted octanol–water partition coefficient (Wildman–Crippen LogP) is 2.31. The molecule has 16 heavy (non-hydrogen) atoms. The summed E-state index contributed by atoms with van der Waals surface area (Å²) >= 11 is 0. The smallest absolute Gasteiger partial charge is 0.227 e. The van der Waals surface area contributed by atoms with Gasteiger partial charge in [0.1, 0.15) is 5.82 Å². The average molecular weight is 222 g/mol. The van der Waals surface area contributed by atoms with E-state index >= 15 is 0 Å². The van der Waals surface area contributed by atoms with Gasteiger partial charge in [-0.05, 0) is 31.0 Å². The first-order valence-electron chi connectivity index (χ1n) is 5.54. The van der Waals surface area contributed by atoms with Crippen molar-refractivity contribution < 1.29 is 9.18 Å². The zero-order valence-corrected chi connectivity index (χ0v) is 9.08. The van der Waals surface area contributed by atoms with Crippen molar-refractivity contribution in [3.63, 3.8) is 0 Å². The number of amides is 1. The van der Waals surface area contributed by atoms with Crippen LogP contribution in [0, 0.1) is 5.82 Å². The molecule has 0 atom stereocenters. The van der Waals surface area contributed by atoms with Crippen molar-refractivity contribution in [3.8, 4) is 0 Å². The number of hydrogen-bond donors (Lipinski definition) is 1. The highest BCUT2D eigenvalue weighted by Gasteiger charge is 2.20. The van der Waals surface area contributed by atoms with Crippen molar-refractivity contribution in [2.45, 2.75) is 25.7 Å². The summed E-state index contributed by atoms with van der Waals surface area (Å²) in [6, 6.07) is 4.46. The maximum absolute atomic E-state index is 13.7. The third-order valence-electron chi connectivity index (χ3n) is 2.84. The van der Waals surface area contributed by atoms with Gasteiger partial charge in [-0.2, -0.15) is 0 Å². The van der Waals surface area contributed by atoms with Crippen LogP contribution in [0.3, 0.4) is 0 Å². The summed E-state index contributed by atoms with van der Waals surface area (Å²) in [4.78, 5) is 13.3. The minimum atomic E-state index is -0.421. The second kappa shape index (κ2) is 4.51. The molecule has 1 aromatic rings. The van der Waals surface area contributed by atoms with E-state index in [1.54, 1.807) is 12.1 Å². The van der Waals surface area contributed by atoms with Gasteiger partial charge in [0, 0.05) is 18.7 Å². The van der Waals surface area contributed by atoms with Crippen molar-refractivity contribution in [2.24, 2.45) is 0 Å². The van der Waals surface area contributed by atoms with Crippen LogP contribution in [0.4, 0.5) is 15.8 Å². The van der Waals surface area contributed by atoms with E-state index in [9.17, 15) is 9.18 Å². The Kier molecular flexibility index (Phi) is 3.08. The van der Waals surface area contributed by atoms with Gasteiger partial charge in [-0.25, -0.2) is 4.39 Å². The van der Waals surface area contributed by atoms with Gasteiger partial charge in [0.25, 0.3) is 0 Å². The average Bonchev–Trinajstić information content (AvgIpc) is 2.44. The Morgan fingerprint density at radius 3 is 2.81 bits per heavy atom. The van der Waals surface area contributed by atoms with E-state index in [4.69, 9.17) is 5.73 Å². The standard InChI is InChI=1S/C12H15FN2O/c13-10-8-9(14)5-6-11(10)15-7-3-1-2-4-12(15)16/h5-6,8H,1-4,7,14H2. The normalized spacial score (nSPS) is 17.3. The Balaban J connectivity index is 2.30. The fraction of sp³-hybridized carbons (Fsp3) is 0.417. The lowest BCUT2D eigenvalue weighted by Crippen LogP contribution is -2.30. The van der Waals surface area contributed by atoms with Crippen LogP contribution in [0.25, 0.3) is 0 Å². The van der Waals surface area contributed by atoms with Gasteiger partial charge in [0.15, 0.2) is 0 Å². The van der Waals surface area contributed by atoms with Gasteiger partial charge in [-0.1, -0.05) is 6.42 Å². The quantitative estimate of drug-likeness (QED) is 0.741. The first-order chi connectivity index (χ1) is 7.68. The molecule has 0 aliphatic carbocycles. The molecule has 0 unspecified atom stereocenters. The molecule has 1 saturated heterocycles. The molecule has 86 valence electrons. The van der Waals surface area contributed by atoms with Crippen LogP contribution in [0.2, 0.25) is 0 Å². The number of carbonyl (C=O) groups excluding carboxylic acids is 1. The predicted molar refractivity (Wildman–Crippen MR) is 61.6 cm³/mol. The first kappa shape index (κ1) is 10.9. The molecule has 2 rings (SSSR count). The second-order valence-electron chi connectivity index (χ2n) is 4.07. The third-order valence-corrected chi connectivity index (χ3v) is 2.84. The van der Waals surface area contributed by atoms with Crippen molar-refractivity contribution in [3.05, 3.63) is 24.0 Å². The molecule has 4 heteroatoms. The van der Waals surface area contributed by atoms with E-state index in [0.717, 1.165) is 19.3 Å². The highest BCUT2D eigenvalue weighted by Crippen LogP contribution is 2.24. The Bertz CT molecular complexity index is 406. The second-order valence-corrected chi connectivity index (χ2v) is 4.07. The summed E-state index contributed by atoms with van der Waals surface area (Å²) in [5.41, 5.74) is 6.21. The van der Waals surface area contributed by atoms with E-state index in [0.29, 0.717) is 24.3 Å². The number of benzene rings is 1. The molecule has 0 saturated carbocycles. The van der Waals surface area contributed by atoms with Crippen molar-refractivity contribution in [1.82, 2.24) is 0 Å². The van der Waals surface area contributed by atoms with Crippen LogP contribution in [-0.4, -0.2) is 12.5 Å². The fourth-order valence-electron chi connectivity index (χ4n) is 1.98. The summed E-state index contributed by atoms with van der Waals surface area (Å²) < 4.78 is 13.7. The molecule has 1 aliphatic heterocycles. The van der Waals surface area contributed by atoms with Crippen molar-refractivity contribution in [2.75, 3.05) is 17.2 Å². The molecule has 0 radical (unpaired) electrons. The van der Waals surface area contributed by atoms with Gasteiger partial charge < -0.3 is 10.6 Å². The molecule has 0 aromatic heterocycles. The van der Waals surface area contributed by atoms with Crippen LogP contribution >= 0.6 is 0 Å². The summed E-state index contributed by atoms with van der Waals surface area (Å²) in [7, 11) is 0. The zero-order chi connectivity index (χ0) is 11.5. The van der Waals surface area contributed by atoms with Gasteiger partial charge in [-0.3, -0.25) is 4.79 Å². The SMILES string of the molecule is Nc1ccc(N2CCCCCC2=O)c(F)c1. The highest BCUT2D eigenvalue weighted by molar-refractivity contribution is 5.93. The van der Waals surface area contributed by atoms with Crippen LogP contribution in [0.15, 0.2) is 18.2 Å².